The van der Waals surface area contributed by atoms with Crippen LogP contribution in [0.1, 0.15) is 23.1 Å². The Balaban J connectivity index is 2.69. The molecule has 1 heterocycles. The van der Waals surface area contributed by atoms with Gasteiger partial charge in [0.2, 0.25) is 0 Å². The predicted molar refractivity (Wildman–Crippen MR) is 66.1 cm³/mol. The number of carboxylic acid groups (broad SMARTS) is 1. The Morgan fingerprint density at radius 1 is 1.47 bits per heavy atom. The summed E-state index contributed by atoms with van der Waals surface area (Å²) < 4.78 is 1.99. The van der Waals surface area contributed by atoms with Crippen molar-refractivity contribution in [3.8, 4) is 0 Å². The smallest absolute Gasteiger partial charge is 0.335 e. The highest BCUT2D eigenvalue weighted by Gasteiger charge is 2.12. The molecule has 1 aromatic heterocycles. The Morgan fingerprint density at radius 3 is 2.71 bits per heavy atom. The van der Waals surface area contributed by atoms with Crippen molar-refractivity contribution < 1.29 is 9.90 Å². The van der Waals surface area contributed by atoms with Crippen molar-refractivity contribution >= 4 is 17.0 Å². The van der Waals surface area contributed by atoms with Crippen molar-refractivity contribution in [2.45, 2.75) is 13.3 Å². The molecule has 0 aliphatic heterocycles. The molecule has 0 saturated heterocycles. The molecule has 0 fully saturated rings. The largest absolute Gasteiger partial charge is 0.478 e. The highest BCUT2D eigenvalue weighted by atomic mass is 16.4. The molecular weight excluding hydrogens is 218 g/mol. The summed E-state index contributed by atoms with van der Waals surface area (Å²) in [6.45, 7) is 2.03. The van der Waals surface area contributed by atoms with E-state index in [1.807, 2.05) is 30.7 Å². The van der Waals surface area contributed by atoms with Gasteiger partial charge in [-0.2, -0.15) is 0 Å². The summed E-state index contributed by atoms with van der Waals surface area (Å²) in [6.07, 6.45) is 0.801. The maximum absolute atomic E-state index is 10.9. The summed E-state index contributed by atoms with van der Waals surface area (Å²) in [5.41, 5.74) is 1.91. The molecule has 0 amide bonds. The summed E-state index contributed by atoms with van der Waals surface area (Å²) in [4.78, 5) is 15.3. The first kappa shape index (κ1) is 11.4. The lowest BCUT2D eigenvalue weighted by Gasteiger charge is -2.17. The molecular formula is C12H15N3O2. The molecule has 17 heavy (non-hydrogen) atoms. The van der Waals surface area contributed by atoms with Gasteiger partial charge in [-0.05, 0) is 18.2 Å². The molecule has 5 nitrogen and oxygen atoms in total. The van der Waals surface area contributed by atoms with E-state index in [1.54, 1.807) is 18.2 Å². The van der Waals surface area contributed by atoms with Crippen LogP contribution in [0.4, 0.5) is 0 Å². The van der Waals surface area contributed by atoms with E-state index in [9.17, 15) is 4.79 Å². The van der Waals surface area contributed by atoms with Gasteiger partial charge in [0, 0.05) is 20.5 Å². The first-order valence-corrected chi connectivity index (χ1v) is 5.47. The van der Waals surface area contributed by atoms with E-state index in [1.165, 1.54) is 0 Å². The molecule has 0 atom stereocenters. The topological polar surface area (TPSA) is 58.4 Å². The van der Waals surface area contributed by atoms with E-state index < -0.39 is 5.97 Å². The summed E-state index contributed by atoms with van der Waals surface area (Å²) >= 11 is 0. The monoisotopic (exact) mass is 233 g/mol. The van der Waals surface area contributed by atoms with Crippen LogP contribution in [0.25, 0.3) is 11.0 Å². The molecule has 1 aromatic carbocycles. The van der Waals surface area contributed by atoms with Crippen LogP contribution < -0.4 is 5.01 Å². The first-order chi connectivity index (χ1) is 8.04. The zero-order valence-electron chi connectivity index (χ0n) is 10.1. The Labute approximate surface area is 99.3 Å². The van der Waals surface area contributed by atoms with Crippen molar-refractivity contribution in [1.82, 2.24) is 9.66 Å². The van der Waals surface area contributed by atoms with Crippen LogP contribution in [0.15, 0.2) is 18.2 Å². The number of aromatic nitrogens is 2. The van der Waals surface area contributed by atoms with Crippen LogP contribution in [0, 0.1) is 0 Å². The second-order valence-corrected chi connectivity index (χ2v) is 4.05. The van der Waals surface area contributed by atoms with Crippen LogP contribution in [0.3, 0.4) is 0 Å². The molecule has 0 unspecified atom stereocenters. The quantitative estimate of drug-likeness (QED) is 0.872. The number of aromatic carboxylic acids is 1. The molecule has 2 rings (SSSR count). The third-order valence-electron chi connectivity index (χ3n) is 2.66. The van der Waals surface area contributed by atoms with Gasteiger partial charge in [0.05, 0.1) is 16.6 Å². The number of fused-ring (bicyclic) bond motifs is 1. The Morgan fingerprint density at radius 2 is 2.18 bits per heavy atom. The molecule has 0 radical (unpaired) electrons. The van der Waals surface area contributed by atoms with Crippen molar-refractivity contribution in [3.63, 3.8) is 0 Å². The highest BCUT2D eigenvalue weighted by Crippen LogP contribution is 2.18. The predicted octanol–water partition coefficient (Wildman–Crippen LogP) is 1.49. The summed E-state index contributed by atoms with van der Waals surface area (Å²) in [5.74, 6) is -0.00288. The number of benzene rings is 1. The molecule has 90 valence electrons. The maximum atomic E-state index is 10.9. The molecule has 0 aliphatic rings. The Bertz CT molecular complexity index is 572. The van der Waals surface area contributed by atoms with E-state index in [-0.39, 0.29) is 5.56 Å². The minimum Gasteiger partial charge on any atom is -0.478 e. The average molecular weight is 233 g/mol. The lowest BCUT2D eigenvalue weighted by molar-refractivity contribution is 0.0697. The molecule has 0 saturated carbocycles. The SMILES string of the molecule is CCc1nc2cc(C(=O)O)ccc2n1N(C)C. The highest BCUT2D eigenvalue weighted by molar-refractivity contribution is 5.92. The van der Waals surface area contributed by atoms with E-state index in [2.05, 4.69) is 4.98 Å². The number of rotatable bonds is 3. The second-order valence-electron chi connectivity index (χ2n) is 4.05. The zero-order chi connectivity index (χ0) is 12.6. The fourth-order valence-corrected chi connectivity index (χ4v) is 1.93. The van der Waals surface area contributed by atoms with E-state index in [4.69, 9.17) is 5.11 Å². The standard InChI is InChI=1S/C12H15N3O2/c1-4-11-13-9-7-8(12(16)17)5-6-10(9)15(11)14(2)3/h5-7H,4H2,1-3H3,(H,16,17). The third-order valence-corrected chi connectivity index (χ3v) is 2.66. The number of aryl methyl sites for hydroxylation is 1. The van der Waals surface area contributed by atoms with Crippen LogP contribution in [0.5, 0.6) is 0 Å². The molecule has 2 aromatic rings. The molecule has 1 N–H and O–H groups in total. The summed E-state index contributed by atoms with van der Waals surface area (Å²) in [6, 6.07) is 5.01. The molecule has 0 aliphatic carbocycles. The summed E-state index contributed by atoms with van der Waals surface area (Å²) in [5, 5.41) is 10.9. The van der Waals surface area contributed by atoms with Crippen LogP contribution in [-0.2, 0) is 6.42 Å². The fourth-order valence-electron chi connectivity index (χ4n) is 1.93. The van der Waals surface area contributed by atoms with Gasteiger partial charge in [0.1, 0.15) is 5.82 Å². The van der Waals surface area contributed by atoms with Crippen LogP contribution in [0.2, 0.25) is 0 Å². The number of hydrogen-bond donors (Lipinski definition) is 1. The minimum atomic E-state index is -0.927. The average Bonchev–Trinajstić information content (AvgIpc) is 2.65. The van der Waals surface area contributed by atoms with Gasteiger partial charge in [0.15, 0.2) is 0 Å². The molecule has 5 heteroatoms. The third kappa shape index (κ3) is 1.84. The van der Waals surface area contributed by atoms with Gasteiger partial charge < -0.3 is 10.1 Å². The normalized spacial score (nSPS) is 10.8. The zero-order valence-corrected chi connectivity index (χ0v) is 10.1. The van der Waals surface area contributed by atoms with E-state index in [0.717, 1.165) is 23.3 Å². The Hall–Kier alpha value is -2.04. The van der Waals surface area contributed by atoms with E-state index >= 15 is 0 Å². The van der Waals surface area contributed by atoms with Crippen molar-refractivity contribution in [1.29, 1.82) is 0 Å². The number of imidazole rings is 1. The molecule has 0 spiro atoms. The van der Waals surface area contributed by atoms with Crippen molar-refractivity contribution in [3.05, 3.63) is 29.6 Å². The Kier molecular flexibility index (Phi) is 2.75. The van der Waals surface area contributed by atoms with Gasteiger partial charge in [-0.1, -0.05) is 6.92 Å². The molecule has 0 bridgehead atoms. The van der Waals surface area contributed by atoms with Crippen LogP contribution >= 0.6 is 0 Å². The van der Waals surface area contributed by atoms with Gasteiger partial charge in [-0.25, -0.2) is 14.5 Å². The number of hydrogen-bond acceptors (Lipinski definition) is 3. The summed E-state index contributed by atoms with van der Waals surface area (Å²) in [7, 11) is 3.87. The van der Waals surface area contributed by atoms with Crippen molar-refractivity contribution in [2.24, 2.45) is 0 Å². The van der Waals surface area contributed by atoms with Crippen LogP contribution in [-0.4, -0.2) is 34.8 Å². The first-order valence-electron chi connectivity index (χ1n) is 5.47. The second kappa shape index (κ2) is 4.08. The van der Waals surface area contributed by atoms with Crippen molar-refractivity contribution in [2.75, 3.05) is 19.1 Å². The lowest BCUT2D eigenvalue weighted by Crippen LogP contribution is -2.26. The van der Waals surface area contributed by atoms with Gasteiger partial charge in [-0.3, -0.25) is 0 Å². The van der Waals surface area contributed by atoms with E-state index in [0.29, 0.717) is 0 Å². The van der Waals surface area contributed by atoms with Gasteiger partial charge >= 0.3 is 5.97 Å². The van der Waals surface area contributed by atoms with Gasteiger partial charge in [-0.15, -0.1) is 0 Å². The number of carbonyl (C=O) groups is 1. The maximum Gasteiger partial charge on any atom is 0.335 e. The fraction of sp³-hybridized carbons (Fsp3) is 0.333. The van der Waals surface area contributed by atoms with Gasteiger partial charge in [0.25, 0.3) is 0 Å². The minimum absolute atomic E-state index is 0.267. The number of carboxylic acids is 1. The number of nitrogens with zero attached hydrogens (tertiary/aromatic N) is 3. The lowest BCUT2D eigenvalue weighted by atomic mass is 10.2.